The van der Waals surface area contributed by atoms with Gasteiger partial charge < -0.3 is 24.9 Å². The van der Waals surface area contributed by atoms with E-state index in [1.807, 2.05) is 11.3 Å². The molecule has 0 fully saturated rings. The number of thiophene rings is 1. The van der Waals surface area contributed by atoms with Gasteiger partial charge in [-0.3, -0.25) is 0 Å². The molecular formula is C46H57N5S. The minimum atomic E-state index is 1.05. The number of fused-ring (bicyclic) bond motifs is 12. The van der Waals surface area contributed by atoms with Gasteiger partial charge in [-0.25, -0.2) is 0 Å². The summed E-state index contributed by atoms with van der Waals surface area (Å²) in [7, 11) is 0. The van der Waals surface area contributed by atoms with Crippen LogP contribution in [0.15, 0.2) is 48.5 Å². The predicted molar refractivity (Wildman–Crippen MR) is 219 cm³/mol. The van der Waals surface area contributed by atoms with E-state index in [0.29, 0.717) is 0 Å². The summed E-state index contributed by atoms with van der Waals surface area (Å²) in [5.41, 5.74) is 5.52. The Balaban J connectivity index is 1.53. The van der Waals surface area contributed by atoms with Crippen LogP contribution in [0.5, 0.6) is 0 Å². The lowest BCUT2D eigenvalue weighted by Gasteiger charge is -1.97. The summed E-state index contributed by atoms with van der Waals surface area (Å²) in [4.78, 5) is 19.1. The second-order valence-corrected chi connectivity index (χ2v) is 15.8. The van der Waals surface area contributed by atoms with Crippen LogP contribution in [0.2, 0.25) is 0 Å². The summed E-state index contributed by atoms with van der Waals surface area (Å²) < 4.78 is 2.54. The Labute approximate surface area is 310 Å². The molecule has 0 amide bonds. The molecule has 12 bridgehead atoms. The SMILES string of the molecule is CCCCCCc1c/c2[nH]/c1=C\C=c1/[nH]/c(cc1CCC)=c1/cc/c(s1)=c1\cc(CCC)/c([nH]1)=C/C=c1\[nH]/c(cc1CCCCCC)=c1/cc/c=2[nH]1. The first-order valence-corrected chi connectivity index (χ1v) is 20.9. The van der Waals surface area contributed by atoms with Gasteiger partial charge in [0.25, 0.3) is 0 Å². The van der Waals surface area contributed by atoms with Gasteiger partial charge in [0, 0.05) is 21.4 Å². The standard InChI is InChI=1S/C46H57N5S/c1-5-9-11-13-17-33-27-41-39-23-24-40(51-39)42-28-34(18-14-12-10-6-2)38(48-42)22-20-36-32(16-8-4)30-44(50-36)46-26-25-45(52-46)43-29-31(15-7-3)35(49-43)19-21-37(33)47-41/h19-30,47-51H,5-18H2,1-4H3/b21-19?,22-20?,35-19-,36-20-,37-21-,38-22-,41-39-,42-40-,45-43-,46-44-. The maximum absolute atomic E-state index is 3.82. The molecule has 0 saturated heterocycles. The summed E-state index contributed by atoms with van der Waals surface area (Å²) in [5, 5.41) is 11.7. The third-order valence-electron chi connectivity index (χ3n) is 10.6. The van der Waals surface area contributed by atoms with E-state index in [1.54, 1.807) is 0 Å². The molecule has 1 aliphatic rings. The molecule has 5 nitrogen and oxygen atoms in total. The van der Waals surface area contributed by atoms with Crippen LogP contribution in [0.3, 0.4) is 0 Å². The normalized spacial score (nSPS) is 17.8. The number of H-pyrrole nitrogens is 5. The van der Waals surface area contributed by atoms with Gasteiger partial charge in [0.15, 0.2) is 0 Å². The van der Waals surface area contributed by atoms with Crippen LogP contribution in [-0.2, 0) is 25.7 Å². The number of hydrogen-bond acceptors (Lipinski definition) is 1. The third-order valence-corrected chi connectivity index (χ3v) is 11.8. The van der Waals surface area contributed by atoms with E-state index < -0.39 is 0 Å². The van der Waals surface area contributed by atoms with Crippen LogP contribution in [0, 0.1) is 41.2 Å². The van der Waals surface area contributed by atoms with Gasteiger partial charge in [-0.05, 0) is 134 Å². The highest BCUT2D eigenvalue weighted by Gasteiger charge is 2.05. The molecule has 6 heteroatoms. The fraction of sp³-hybridized carbons (Fsp3) is 0.391. The molecule has 0 aromatic carbocycles. The molecule has 7 rings (SSSR count). The first-order valence-electron chi connectivity index (χ1n) is 20.1. The molecule has 0 saturated carbocycles. The van der Waals surface area contributed by atoms with Gasteiger partial charge in [-0.1, -0.05) is 79.1 Å². The molecule has 6 aromatic rings. The summed E-state index contributed by atoms with van der Waals surface area (Å²) in [6.45, 7) is 9.10. The summed E-state index contributed by atoms with van der Waals surface area (Å²) in [6.07, 6.45) is 25.7. The van der Waals surface area contributed by atoms with E-state index in [9.17, 15) is 0 Å². The van der Waals surface area contributed by atoms with Gasteiger partial charge in [-0.2, -0.15) is 0 Å². The maximum Gasteiger partial charge on any atom is 0.0627 e. The molecule has 7 heterocycles. The molecule has 0 unspecified atom stereocenters. The van der Waals surface area contributed by atoms with Gasteiger partial charge in [-0.15, -0.1) is 11.3 Å². The molecule has 0 aliphatic carbocycles. The Kier molecular flexibility index (Phi) is 11.7. The van der Waals surface area contributed by atoms with Crippen LogP contribution in [-0.4, -0.2) is 24.9 Å². The smallest absolute Gasteiger partial charge is 0.0627 e. The fourth-order valence-electron chi connectivity index (χ4n) is 7.72. The molecule has 5 N–H and O–H groups in total. The van der Waals surface area contributed by atoms with Crippen molar-refractivity contribution in [3.8, 4) is 0 Å². The highest BCUT2D eigenvalue weighted by Crippen LogP contribution is 2.12. The van der Waals surface area contributed by atoms with Gasteiger partial charge in [0.05, 0.1) is 41.2 Å². The Bertz CT molecular complexity index is 2580. The van der Waals surface area contributed by atoms with E-state index >= 15 is 0 Å². The number of aryl methyl sites for hydroxylation is 4. The lowest BCUT2D eigenvalue weighted by atomic mass is 10.1. The zero-order valence-electron chi connectivity index (χ0n) is 31.7. The third kappa shape index (κ3) is 8.13. The van der Waals surface area contributed by atoms with Crippen molar-refractivity contribution >= 4 is 35.6 Å². The van der Waals surface area contributed by atoms with Gasteiger partial charge >= 0.3 is 0 Å². The molecule has 6 aromatic heterocycles. The zero-order chi connectivity index (χ0) is 35.9. The van der Waals surface area contributed by atoms with Crippen LogP contribution >= 0.6 is 11.3 Å². The van der Waals surface area contributed by atoms with Crippen molar-refractivity contribution < 1.29 is 0 Å². The Morgan fingerprint density at radius 1 is 0.365 bits per heavy atom. The molecule has 0 radical (unpaired) electrons. The highest BCUT2D eigenvalue weighted by atomic mass is 32.1. The predicted octanol–water partition coefficient (Wildman–Crippen LogP) is 8.52. The monoisotopic (exact) mass is 711 g/mol. The van der Waals surface area contributed by atoms with Gasteiger partial charge in [0.2, 0.25) is 0 Å². The van der Waals surface area contributed by atoms with E-state index in [4.69, 9.17) is 0 Å². The van der Waals surface area contributed by atoms with Crippen molar-refractivity contribution in [3.63, 3.8) is 0 Å². The number of unbranched alkanes of at least 4 members (excludes halogenated alkanes) is 6. The molecule has 52 heavy (non-hydrogen) atoms. The lowest BCUT2D eigenvalue weighted by molar-refractivity contribution is 0.666. The minimum Gasteiger partial charge on any atom is -0.354 e. The number of nitrogens with one attached hydrogen (secondary N) is 5. The van der Waals surface area contributed by atoms with Crippen LogP contribution < -0.4 is 21.4 Å². The minimum absolute atomic E-state index is 1.05. The maximum atomic E-state index is 3.82. The number of aromatic nitrogens is 5. The fourth-order valence-corrected chi connectivity index (χ4v) is 8.67. The molecular weight excluding hydrogens is 655 g/mol. The average molecular weight is 712 g/mol. The first-order chi connectivity index (χ1) is 25.6. The summed E-state index contributed by atoms with van der Waals surface area (Å²) in [6, 6.07) is 18.5. The largest absolute Gasteiger partial charge is 0.354 e. The van der Waals surface area contributed by atoms with E-state index in [-0.39, 0.29) is 0 Å². The van der Waals surface area contributed by atoms with Crippen molar-refractivity contribution in [1.82, 2.24) is 24.9 Å². The Hall–Kier alpha value is -4.42. The quantitative estimate of drug-likeness (QED) is 0.0703. The van der Waals surface area contributed by atoms with Crippen molar-refractivity contribution in [1.29, 1.82) is 0 Å². The summed E-state index contributed by atoms with van der Waals surface area (Å²) >= 11 is 1.86. The van der Waals surface area contributed by atoms with E-state index in [0.717, 1.165) is 59.9 Å². The van der Waals surface area contributed by atoms with Crippen molar-refractivity contribution in [2.45, 2.75) is 118 Å². The molecule has 1 aliphatic heterocycles. The van der Waals surface area contributed by atoms with Crippen LogP contribution in [0.25, 0.3) is 24.3 Å². The average Bonchev–Trinajstić information content (AvgIpc) is 3.99. The summed E-state index contributed by atoms with van der Waals surface area (Å²) in [5.74, 6) is 0. The number of rotatable bonds is 14. The van der Waals surface area contributed by atoms with Crippen molar-refractivity contribution in [2.24, 2.45) is 0 Å². The lowest BCUT2D eigenvalue weighted by Crippen LogP contribution is -2.11. The van der Waals surface area contributed by atoms with Crippen LogP contribution in [0.1, 0.15) is 114 Å². The number of hydrogen-bond donors (Lipinski definition) is 5. The van der Waals surface area contributed by atoms with Crippen LogP contribution in [0.4, 0.5) is 0 Å². The van der Waals surface area contributed by atoms with Gasteiger partial charge in [0.1, 0.15) is 0 Å². The molecule has 272 valence electrons. The topological polar surface area (TPSA) is 78.9 Å². The second kappa shape index (κ2) is 16.9. The Morgan fingerprint density at radius 2 is 0.750 bits per heavy atom. The van der Waals surface area contributed by atoms with E-state index in [1.165, 1.54) is 115 Å². The first kappa shape index (κ1) is 36.0. The molecule has 0 spiro atoms. The van der Waals surface area contributed by atoms with Crippen molar-refractivity contribution in [3.05, 3.63) is 133 Å². The van der Waals surface area contributed by atoms with Crippen molar-refractivity contribution in [2.75, 3.05) is 0 Å². The molecule has 0 atom stereocenters. The zero-order valence-corrected chi connectivity index (χ0v) is 32.6. The van der Waals surface area contributed by atoms with E-state index in [2.05, 4.69) is 125 Å². The Morgan fingerprint density at radius 3 is 1.15 bits per heavy atom. The second-order valence-electron chi connectivity index (χ2n) is 14.7. The number of aromatic amines is 5. The highest BCUT2D eigenvalue weighted by molar-refractivity contribution is 7.08.